The van der Waals surface area contributed by atoms with Crippen LogP contribution in [0.3, 0.4) is 0 Å². The maximum atomic E-state index is 8.58. The van der Waals surface area contributed by atoms with Crippen molar-refractivity contribution in [2.24, 2.45) is 0 Å². The van der Waals surface area contributed by atoms with Crippen LogP contribution in [-0.4, -0.2) is 6.04 Å². The predicted molar refractivity (Wildman–Crippen MR) is 59.0 cm³/mol. The number of hydrogen-bond donors (Lipinski definition) is 1. The normalized spacial score (nSPS) is 11.4. The topological polar surface area (TPSA) is 35.8 Å². The molecule has 0 aliphatic carbocycles. The molecule has 0 saturated heterocycles. The van der Waals surface area contributed by atoms with Crippen LogP contribution in [0, 0.1) is 18.3 Å². The number of para-hydroxylation sites is 1. The molecule has 0 saturated carbocycles. The van der Waals surface area contributed by atoms with E-state index in [4.69, 9.17) is 5.26 Å². The molecule has 0 aliphatic heterocycles. The summed E-state index contributed by atoms with van der Waals surface area (Å²) in [7, 11) is 0. The van der Waals surface area contributed by atoms with Gasteiger partial charge in [0.15, 0.2) is 0 Å². The van der Waals surface area contributed by atoms with Gasteiger partial charge in [-0.25, -0.2) is 0 Å². The van der Waals surface area contributed by atoms with E-state index in [1.807, 2.05) is 31.2 Å². The number of rotatable bonds is 4. The third-order valence-electron chi connectivity index (χ3n) is 2.08. The molecule has 0 aliphatic rings. The van der Waals surface area contributed by atoms with Gasteiger partial charge < -0.3 is 5.32 Å². The highest BCUT2D eigenvalue weighted by Gasteiger charge is 2.03. The first-order chi connectivity index (χ1) is 6.77. The Bertz CT molecular complexity index is 350. The first-order valence-electron chi connectivity index (χ1n) is 4.59. The van der Waals surface area contributed by atoms with Crippen LogP contribution in [-0.2, 0) is 0 Å². The minimum Gasteiger partial charge on any atom is -0.378 e. The highest BCUT2D eigenvalue weighted by molar-refractivity contribution is 5.51. The van der Waals surface area contributed by atoms with E-state index < -0.39 is 0 Å². The van der Waals surface area contributed by atoms with Crippen molar-refractivity contribution in [2.45, 2.75) is 19.4 Å². The highest BCUT2D eigenvalue weighted by Crippen LogP contribution is 2.15. The summed E-state index contributed by atoms with van der Waals surface area (Å²) >= 11 is 0. The molecule has 0 bridgehead atoms. The fourth-order valence-corrected chi connectivity index (χ4v) is 1.23. The van der Waals surface area contributed by atoms with Crippen LogP contribution < -0.4 is 5.32 Å². The minimum atomic E-state index is 0.0288. The molecule has 0 radical (unpaired) electrons. The standard InChI is InChI=1S/C12H14N2/c1-3-11(8-9-13)14-12-7-5-4-6-10(12)2/h3-7,11,14H,1,8H2,2H3. The Hall–Kier alpha value is -1.75. The quantitative estimate of drug-likeness (QED) is 0.734. The largest absolute Gasteiger partial charge is 0.378 e. The maximum Gasteiger partial charge on any atom is 0.0646 e. The fraction of sp³-hybridized carbons (Fsp3) is 0.250. The molecular formula is C12H14N2. The smallest absolute Gasteiger partial charge is 0.0646 e. The van der Waals surface area contributed by atoms with Crippen molar-refractivity contribution < 1.29 is 0 Å². The van der Waals surface area contributed by atoms with Gasteiger partial charge in [0.25, 0.3) is 0 Å². The number of benzene rings is 1. The third-order valence-corrected chi connectivity index (χ3v) is 2.08. The third kappa shape index (κ3) is 2.63. The zero-order chi connectivity index (χ0) is 10.4. The van der Waals surface area contributed by atoms with Crippen LogP contribution in [0.5, 0.6) is 0 Å². The van der Waals surface area contributed by atoms with E-state index in [1.54, 1.807) is 6.08 Å². The van der Waals surface area contributed by atoms with Gasteiger partial charge in [0.2, 0.25) is 0 Å². The molecule has 2 heteroatoms. The summed E-state index contributed by atoms with van der Waals surface area (Å²) in [6.45, 7) is 5.73. The van der Waals surface area contributed by atoms with Gasteiger partial charge in [0, 0.05) is 5.69 Å². The van der Waals surface area contributed by atoms with Crippen LogP contribution in [0.2, 0.25) is 0 Å². The second-order valence-electron chi connectivity index (χ2n) is 3.16. The van der Waals surface area contributed by atoms with Gasteiger partial charge >= 0.3 is 0 Å². The lowest BCUT2D eigenvalue weighted by Crippen LogP contribution is -2.16. The molecule has 1 rings (SSSR count). The van der Waals surface area contributed by atoms with Gasteiger partial charge in [-0.2, -0.15) is 5.26 Å². The van der Waals surface area contributed by atoms with Crippen molar-refractivity contribution in [1.29, 1.82) is 5.26 Å². The molecule has 0 spiro atoms. The molecule has 1 atom stereocenters. The summed E-state index contributed by atoms with van der Waals surface area (Å²) < 4.78 is 0. The van der Waals surface area contributed by atoms with Crippen molar-refractivity contribution in [2.75, 3.05) is 5.32 Å². The van der Waals surface area contributed by atoms with Crippen molar-refractivity contribution in [1.82, 2.24) is 0 Å². The van der Waals surface area contributed by atoms with Crippen LogP contribution in [0.25, 0.3) is 0 Å². The number of nitrogens with zero attached hydrogens (tertiary/aromatic N) is 1. The van der Waals surface area contributed by atoms with Gasteiger partial charge in [-0.1, -0.05) is 24.3 Å². The Kier molecular flexibility index (Phi) is 3.75. The van der Waals surface area contributed by atoms with E-state index in [-0.39, 0.29) is 6.04 Å². The average Bonchev–Trinajstić information content (AvgIpc) is 2.20. The first kappa shape index (κ1) is 10.3. The Morgan fingerprint density at radius 3 is 2.86 bits per heavy atom. The molecule has 0 aromatic heterocycles. The van der Waals surface area contributed by atoms with Crippen molar-refractivity contribution >= 4 is 5.69 Å². The lowest BCUT2D eigenvalue weighted by Gasteiger charge is -2.14. The van der Waals surface area contributed by atoms with E-state index >= 15 is 0 Å². The van der Waals surface area contributed by atoms with Crippen molar-refractivity contribution in [3.8, 4) is 6.07 Å². The lowest BCUT2D eigenvalue weighted by atomic mass is 10.1. The van der Waals surface area contributed by atoms with E-state index in [0.29, 0.717) is 6.42 Å². The molecule has 14 heavy (non-hydrogen) atoms. The number of anilines is 1. The maximum absolute atomic E-state index is 8.58. The summed E-state index contributed by atoms with van der Waals surface area (Å²) in [4.78, 5) is 0. The van der Waals surface area contributed by atoms with Crippen molar-refractivity contribution in [3.05, 3.63) is 42.5 Å². The van der Waals surface area contributed by atoms with E-state index in [9.17, 15) is 0 Å². The number of hydrogen-bond acceptors (Lipinski definition) is 2. The summed E-state index contributed by atoms with van der Waals surface area (Å²) in [5.74, 6) is 0. The second kappa shape index (κ2) is 5.08. The Balaban J connectivity index is 2.72. The first-order valence-corrected chi connectivity index (χ1v) is 4.59. The Morgan fingerprint density at radius 1 is 1.57 bits per heavy atom. The van der Waals surface area contributed by atoms with Crippen LogP contribution >= 0.6 is 0 Å². The van der Waals surface area contributed by atoms with Gasteiger partial charge in [0.1, 0.15) is 0 Å². The van der Waals surface area contributed by atoms with Gasteiger partial charge in [-0.15, -0.1) is 6.58 Å². The molecular weight excluding hydrogens is 172 g/mol. The molecule has 0 heterocycles. The highest BCUT2D eigenvalue weighted by atomic mass is 14.9. The van der Waals surface area contributed by atoms with Crippen LogP contribution in [0.15, 0.2) is 36.9 Å². The molecule has 1 N–H and O–H groups in total. The zero-order valence-electron chi connectivity index (χ0n) is 8.33. The lowest BCUT2D eigenvalue weighted by molar-refractivity contribution is 0.903. The molecule has 2 nitrogen and oxygen atoms in total. The molecule has 0 amide bonds. The summed E-state index contributed by atoms with van der Waals surface area (Å²) in [5, 5.41) is 11.8. The number of aryl methyl sites for hydroxylation is 1. The van der Waals surface area contributed by atoms with Gasteiger partial charge in [-0.3, -0.25) is 0 Å². The predicted octanol–water partition coefficient (Wildman–Crippen LogP) is 2.88. The molecule has 1 unspecified atom stereocenters. The van der Waals surface area contributed by atoms with E-state index in [1.165, 1.54) is 5.56 Å². The second-order valence-corrected chi connectivity index (χ2v) is 3.16. The average molecular weight is 186 g/mol. The molecule has 72 valence electrons. The number of nitriles is 1. The van der Waals surface area contributed by atoms with Gasteiger partial charge in [0.05, 0.1) is 18.5 Å². The summed E-state index contributed by atoms with van der Waals surface area (Å²) in [6.07, 6.45) is 2.20. The molecule has 1 aromatic carbocycles. The van der Waals surface area contributed by atoms with E-state index in [0.717, 1.165) is 5.69 Å². The zero-order valence-corrected chi connectivity index (χ0v) is 8.33. The SMILES string of the molecule is C=CC(CC#N)Nc1ccccc1C. The fourth-order valence-electron chi connectivity index (χ4n) is 1.23. The van der Waals surface area contributed by atoms with Gasteiger partial charge in [-0.05, 0) is 18.6 Å². The van der Waals surface area contributed by atoms with Crippen molar-refractivity contribution in [3.63, 3.8) is 0 Å². The molecule has 1 aromatic rings. The van der Waals surface area contributed by atoms with E-state index in [2.05, 4.69) is 18.0 Å². The minimum absolute atomic E-state index is 0.0288. The molecule has 0 fully saturated rings. The van der Waals surface area contributed by atoms with Crippen LogP contribution in [0.1, 0.15) is 12.0 Å². The summed E-state index contributed by atoms with van der Waals surface area (Å²) in [6, 6.07) is 10.2. The summed E-state index contributed by atoms with van der Waals surface area (Å²) in [5.41, 5.74) is 2.24. The van der Waals surface area contributed by atoms with Crippen LogP contribution in [0.4, 0.5) is 5.69 Å². The Morgan fingerprint density at radius 2 is 2.29 bits per heavy atom. The Labute approximate surface area is 84.9 Å². The monoisotopic (exact) mass is 186 g/mol. The number of nitrogens with one attached hydrogen (secondary N) is 1.